The van der Waals surface area contributed by atoms with Crippen molar-refractivity contribution in [1.29, 1.82) is 0 Å². The third kappa shape index (κ3) is 3.77. The molecule has 3 nitrogen and oxygen atoms in total. The molecule has 2 aliphatic rings. The molecule has 0 bridgehead atoms. The van der Waals surface area contributed by atoms with Gasteiger partial charge >= 0.3 is 0 Å². The molecule has 0 atom stereocenters. The molecule has 0 heterocycles. The fourth-order valence-corrected chi connectivity index (χ4v) is 4.34. The molecule has 21 heavy (non-hydrogen) atoms. The quantitative estimate of drug-likeness (QED) is 0.637. The van der Waals surface area contributed by atoms with Gasteiger partial charge in [-0.15, -0.1) is 0 Å². The first-order valence-corrected chi connectivity index (χ1v) is 9.06. The summed E-state index contributed by atoms with van der Waals surface area (Å²) in [5.74, 6) is 0.198. The fraction of sp³-hybridized carbons (Fsp3) is 0.882. The summed E-state index contributed by atoms with van der Waals surface area (Å²) in [4.78, 5) is 15.6. The lowest BCUT2D eigenvalue weighted by Gasteiger charge is -2.38. The first-order valence-electron chi connectivity index (χ1n) is 8.65. The maximum absolute atomic E-state index is 13.2. The van der Waals surface area contributed by atoms with Crippen LogP contribution in [0.4, 0.5) is 0 Å². The average molecular weight is 311 g/mol. The number of thiocarbonyl (C=S) groups is 1. The Kier molecular flexibility index (Phi) is 6.03. The summed E-state index contributed by atoms with van der Waals surface area (Å²) in [5.41, 5.74) is 5.49. The molecular formula is C17H30N2OS. The number of hydrogen-bond acceptors (Lipinski definition) is 2. The highest BCUT2D eigenvalue weighted by atomic mass is 32.1. The molecule has 0 saturated heterocycles. The van der Waals surface area contributed by atoms with Crippen LogP contribution in [-0.4, -0.2) is 28.9 Å². The number of carbonyl (C=O) groups excluding carboxylic acids is 1. The second kappa shape index (κ2) is 7.57. The van der Waals surface area contributed by atoms with E-state index in [1.54, 1.807) is 0 Å². The molecule has 0 aromatic rings. The van der Waals surface area contributed by atoms with Gasteiger partial charge in [-0.1, -0.05) is 63.6 Å². The number of carbonyl (C=O) groups is 1. The largest absolute Gasteiger partial charge is 0.392 e. The third-order valence-electron chi connectivity index (χ3n) is 5.53. The number of hydrogen-bond donors (Lipinski definition) is 1. The van der Waals surface area contributed by atoms with Gasteiger partial charge in [-0.2, -0.15) is 0 Å². The number of nitrogens with two attached hydrogens (primary N) is 1. The summed E-state index contributed by atoms with van der Waals surface area (Å²) in [6.45, 7) is 0. The topological polar surface area (TPSA) is 46.3 Å². The Morgan fingerprint density at radius 1 is 1.00 bits per heavy atom. The minimum Gasteiger partial charge on any atom is -0.392 e. The first kappa shape index (κ1) is 16.7. The average Bonchev–Trinajstić information content (AvgIpc) is 2.89. The van der Waals surface area contributed by atoms with Gasteiger partial charge in [0.1, 0.15) is 0 Å². The van der Waals surface area contributed by atoms with Crippen LogP contribution in [0.3, 0.4) is 0 Å². The smallest absolute Gasteiger partial charge is 0.235 e. The van der Waals surface area contributed by atoms with Crippen LogP contribution in [0.2, 0.25) is 0 Å². The van der Waals surface area contributed by atoms with Crippen molar-refractivity contribution in [3.05, 3.63) is 0 Å². The fourth-order valence-electron chi connectivity index (χ4n) is 4.05. The van der Waals surface area contributed by atoms with Gasteiger partial charge in [0.05, 0.1) is 10.4 Å². The van der Waals surface area contributed by atoms with Crippen molar-refractivity contribution in [2.45, 2.75) is 83.1 Å². The van der Waals surface area contributed by atoms with Crippen LogP contribution in [0.25, 0.3) is 0 Å². The summed E-state index contributed by atoms with van der Waals surface area (Å²) in [6.07, 6.45) is 13.6. The van der Waals surface area contributed by atoms with Crippen molar-refractivity contribution < 1.29 is 4.79 Å². The number of amides is 1. The molecule has 120 valence electrons. The zero-order valence-corrected chi connectivity index (χ0v) is 14.2. The van der Waals surface area contributed by atoms with Gasteiger partial charge in [-0.3, -0.25) is 4.79 Å². The van der Waals surface area contributed by atoms with E-state index < -0.39 is 5.41 Å². The molecular weight excluding hydrogens is 280 g/mol. The third-order valence-corrected chi connectivity index (χ3v) is 5.92. The van der Waals surface area contributed by atoms with Crippen LogP contribution in [0, 0.1) is 5.41 Å². The van der Waals surface area contributed by atoms with E-state index in [1.165, 1.54) is 38.5 Å². The van der Waals surface area contributed by atoms with Crippen molar-refractivity contribution in [2.24, 2.45) is 11.1 Å². The Labute approximate surface area is 134 Å². The predicted octanol–water partition coefficient (Wildman–Crippen LogP) is 3.79. The molecule has 0 radical (unpaired) electrons. The van der Waals surface area contributed by atoms with Gasteiger partial charge in [-0.25, -0.2) is 0 Å². The van der Waals surface area contributed by atoms with Gasteiger partial charge in [0, 0.05) is 13.1 Å². The van der Waals surface area contributed by atoms with E-state index in [-0.39, 0.29) is 5.91 Å². The van der Waals surface area contributed by atoms with Crippen molar-refractivity contribution in [3.8, 4) is 0 Å². The monoisotopic (exact) mass is 310 g/mol. The van der Waals surface area contributed by atoms with Crippen LogP contribution in [0.1, 0.15) is 77.0 Å². The highest BCUT2D eigenvalue weighted by Crippen LogP contribution is 2.38. The van der Waals surface area contributed by atoms with E-state index in [1.807, 2.05) is 11.9 Å². The Balaban J connectivity index is 2.14. The maximum atomic E-state index is 13.2. The second-order valence-corrected chi connectivity index (χ2v) is 7.36. The number of rotatable bonds is 3. The van der Waals surface area contributed by atoms with Crippen molar-refractivity contribution in [1.82, 2.24) is 4.90 Å². The van der Waals surface area contributed by atoms with E-state index in [2.05, 4.69) is 0 Å². The zero-order chi connectivity index (χ0) is 15.3. The molecule has 2 aliphatic carbocycles. The van der Waals surface area contributed by atoms with Crippen LogP contribution < -0.4 is 5.73 Å². The molecule has 2 N–H and O–H groups in total. The van der Waals surface area contributed by atoms with Crippen LogP contribution in [0.5, 0.6) is 0 Å². The van der Waals surface area contributed by atoms with E-state index in [0.717, 1.165) is 38.5 Å². The summed E-state index contributed by atoms with van der Waals surface area (Å²) in [7, 11) is 1.98. The van der Waals surface area contributed by atoms with Gasteiger partial charge in [-0.05, 0) is 25.7 Å². The van der Waals surface area contributed by atoms with Gasteiger partial charge in [0.15, 0.2) is 0 Å². The molecule has 0 aliphatic heterocycles. The predicted molar refractivity (Wildman–Crippen MR) is 91.2 cm³/mol. The highest BCUT2D eigenvalue weighted by molar-refractivity contribution is 7.80. The summed E-state index contributed by atoms with van der Waals surface area (Å²) in [6, 6.07) is 0.384. The summed E-state index contributed by atoms with van der Waals surface area (Å²) >= 11 is 5.34. The Morgan fingerprint density at radius 2 is 1.48 bits per heavy atom. The molecule has 0 unspecified atom stereocenters. The molecule has 2 fully saturated rings. The first-order chi connectivity index (χ1) is 10.1. The molecule has 4 heteroatoms. The lowest BCUT2D eigenvalue weighted by molar-refractivity contribution is -0.140. The van der Waals surface area contributed by atoms with Crippen molar-refractivity contribution >= 4 is 23.1 Å². The van der Waals surface area contributed by atoms with Crippen LogP contribution in [0.15, 0.2) is 0 Å². The van der Waals surface area contributed by atoms with E-state index in [0.29, 0.717) is 11.0 Å². The van der Waals surface area contributed by atoms with Gasteiger partial charge < -0.3 is 10.6 Å². The molecule has 1 amide bonds. The van der Waals surface area contributed by atoms with Crippen molar-refractivity contribution in [2.75, 3.05) is 7.05 Å². The molecule has 2 saturated carbocycles. The molecule has 0 aromatic carbocycles. The number of nitrogens with zero attached hydrogens (tertiary/aromatic N) is 1. The maximum Gasteiger partial charge on any atom is 0.235 e. The Bertz CT molecular complexity index is 367. The second-order valence-electron chi connectivity index (χ2n) is 6.92. The van der Waals surface area contributed by atoms with Crippen molar-refractivity contribution in [3.63, 3.8) is 0 Å². The lowest BCUT2D eigenvalue weighted by atomic mass is 9.78. The minimum atomic E-state index is -0.563. The summed E-state index contributed by atoms with van der Waals surface area (Å²) < 4.78 is 0. The molecule has 0 aromatic heterocycles. The minimum absolute atomic E-state index is 0.198. The summed E-state index contributed by atoms with van der Waals surface area (Å²) in [5, 5.41) is 0. The standard InChI is InChI=1S/C17H30N2OS/c1-19(14-10-6-2-3-7-11-14)16(20)17(15(18)21)12-8-4-5-9-13-17/h14H,2-13H2,1H3,(H2,18,21). The normalized spacial score (nSPS) is 23.9. The molecule has 0 spiro atoms. The van der Waals surface area contributed by atoms with Gasteiger partial charge in [0.2, 0.25) is 5.91 Å². The van der Waals surface area contributed by atoms with Gasteiger partial charge in [0.25, 0.3) is 0 Å². The highest BCUT2D eigenvalue weighted by Gasteiger charge is 2.44. The Morgan fingerprint density at radius 3 is 1.95 bits per heavy atom. The van der Waals surface area contributed by atoms with E-state index in [4.69, 9.17) is 18.0 Å². The zero-order valence-electron chi connectivity index (χ0n) is 13.4. The van der Waals surface area contributed by atoms with E-state index in [9.17, 15) is 4.79 Å². The Hall–Kier alpha value is -0.640. The SMILES string of the molecule is CN(C(=O)C1(C(N)=S)CCCCCC1)C1CCCCCC1. The van der Waals surface area contributed by atoms with Crippen LogP contribution >= 0.6 is 12.2 Å². The van der Waals surface area contributed by atoms with Crippen LogP contribution in [-0.2, 0) is 4.79 Å². The lowest BCUT2D eigenvalue weighted by Crippen LogP contribution is -2.52. The molecule has 2 rings (SSSR count). The van der Waals surface area contributed by atoms with E-state index >= 15 is 0 Å².